The third-order valence-corrected chi connectivity index (χ3v) is 6.31. The van der Waals surface area contributed by atoms with Gasteiger partial charge in [-0.05, 0) is 30.7 Å². The van der Waals surface area contributed by atoms with E-state index in [1.54, 1.807) is 53.5 Å². The zero-order chi connectivity index (χ0) is 24.9. The number of carbonyl (C=O) groups is 2. The molecule has 0 saturated carbocycles. The molecule has 2 amide bonds. The maximum absolute atomic E-state index is 13.6. The number of aromatic nitrogens is 2. The lowest BCUT2D eigenvalue weighted by molar-refractivity contribution is 0.0312. The van der Waals surface area contributed by atoms with Gasteiger partial charge in [-0.1, -0.05) is 43.3 Å². The van der Waals surface area contributed by atoms with Gasteiger partial charge in [-0.15, -0.1) is 0 Å². The highest BCUT2D eigenvalue weighted by atomic mass is 16.5. The maximum Gasteiger partial charge on any atom is 0.272 e. The van der Waals surface area contributed by atoms with Crippen LogP contribution in [0.2, 0.25) is 0 Å². The van der Waals surface area contributed by atoms with Crippen molar-refractivity contribution < 1.29 is 19.4 Å². The van der Waals surface area contributed by atoms with Crippen LogP contribution in [0, 0.1) is 5.92 Å². The van der Waals surface area contributed by atoms with Crippen LogP contribution in [0.4, 0.5) is 0 Å². The van der Waals surface area contributed by atoms with Gasteiger partial charge in [0.1, 0.15) is 17.4 Å². The zero-order valence-corrected chi connectivity index (χ0v) is 20.2. The number of nitrogens with zero attached hydrogens (tertiary/aromatic N) is 4. The number of benzene rings is 1. The van der Waals surface area contributed by atoms with Crippen LogP contribution in [0.15, 0.2) is 67.0 Å². The first-order valence-electron chi connectivity index (χ1n) is 11.7. The number of carbonyl (C=O) groups excluding carboxylic acids is 2. The third kappa shape index (κ3) is 5.33. The van der Waals surface area contributed by atoms with E-state index < -0.39 is 6.10 Å². The molecule has 0 aliphatic carbocycles. The Kier molecular flexibility index (Phi) is 7.41. The minimum atomic E-state index is -0.428. The lowest BCUT2D eigenvalue weighted by atomic mass is 9.99. The van der Waals surface area contributed by atoms with Crippen molar-refractivity contribution >= 4 is 11.8 Å². The van der Waals surface area contributed by atoms with Crippen LogP contribution in [0.1, 0.15) is 34.7 Å². The summed E-state index contributed by atoms with van der Waals surface area (Å²) in [5.41, 5.74) is 2.42. The van der Waals surface area contributed by atoms with E-state index in [0.29, 0.717) is 17.8 Å². The van der Waals surface area contributed by atoms with Gasteiger partial charge in [-0.2, -0.15) is 0 Å². The quantitative estimate of drug-likeness (QED) is 0.590. The number of rotatable bonds is 6. The Labute approximate surface area is 205 Å². The largest absolute Gasteiger partial charge is 0.472 e. The topological polar surface area (TPSA) is 95.9 Å². The molecule has 3 atom stereocenters. The zero-order valence-electron chi connectivity index (χ0n) is 20.2. The van der Waals surface area contributed by atoms with Crippen LogP contribution in [0.3, 0.4) is 0 Å². The minimum Gasteiger partial charge on any atom is -0.472 e. The minimum absolute atomic E-state index is 0.129. The maximum atomic E-state index is 13.6. The average molecular weight is 475 g/mol. The molecule has 3 aromatic rings. The van der Waals surface area contributed by atoms with Crippen molar-refractivity contribution in [3.63, 3.8) is 0 Å². The summed E-state index contributed by atoms with van der Waals surface area (Å²) in [7, 11) is 1.71. The monoisotopic (exact) mass is 474 g/mol. The first kappa shape index (κ1) is 24.3. The van der Waals surface area contributed by atoms with Crippen molar-refractivity contribution in [2.45, 2.75) is 26.0 Å². The van der Waals surface area contributed by atoms with Crippen LogP contribution in [0.5, 0.6) is 5.88 Å². The normalized spacial score (nSPS) is 18.6. The summed E-state index contributed by atoms with van der Waals surface area (Å²) < 4.78 is 6.29. The highest BCUT2D eigenvalue weighted by Crippen LogP contribution is 2.30. The van der Waals surface area contributed by atoms with Crippen molar-refractivity contribution in [3.05, 3.63) is 78.2 Å². The highest BCUT2D eigenvalue weighted by Gasteiger charge is 2.35. The summed E-state index contributed by atoms with van der Waals surface area (Å²) >= 11 is 0. The Balaban J connectivity index is 1.68. The number of hydrogen-bond donors (Lipinski definition) is 1. The summed E-state index contributed by atoms with van der Waals surface area (Å²) in [6, 6.07) is 16.3. The van der Waals surface area contributed by atoms with Crippen molar-refractivity contribution in [1.82, 2.24) is 19.8 Å². The van der Waals surface area contributed by atoms with Crippen molar-refractivity contribution in [2.75, 3.05) is 26.7 Å². The van der Waals surface area contributed by atoms with E-state index in [0.717, 1.165) is 11.1 Å². The van der Waals surface area contributed by atoms with Gasteiger partial charge < -0.3 is 19.6 Å². The molecule has 0 saturated heterocycles. The molecular formula is C27H30N4O4. The Bertz CT molecular complexity index is 1170. The number of aliphatic hydroxyl groups excluding tert-OH is 1. The van der Waals surface area contributed by atoms with Crippen LogP contribution < -0.4 is 4.74 Å². The highest BCUT2D eigenvalue weighted by molar-refractivity contribution is 5.98. The average Bonchev–Trinajstić information content (AvgIpc) is 2.90. The van der Waals surface area contributed by atoms with E-state index in [2.05, 4.69) is 9.97 Å². The number of ether oxygens (including phenoxy) is 1. The SMILES string of the molecule is C[C@@H]1CN([C@H](C)CO)C(=O)c2cc(-c3ccccc3)cnc2O[C@H]1CN(C)C(=O)c1ccccn1. The van der Waals surface area contributed by atoms with Gasteiger partial charge in [0.25, 0.3) is 11.8 Å². The fourth-order valence-corrected chi connectivity index (χ4v) is 4.15. The molecule has 8 heteroatoms. The molecule has 0 fully saturated rings. The third-order valence-electron chi connectivity index (χ3n) is 6.31. The molecule has 1 aliphatic heterocycles. The van der Waals surface area contributed by atoms with Crippen LogP contribution in [-0.4, -0.2) is 75.6 Å². The van der Waals surface area contributed by atoms with Crippen molar-refractivity contribution in [1.29, 1.82) is 0 Å². The predicted octanol–water partition coefficient (Wildman–Crippen LogP) is 3.14. The van der Waals surface area contributed by atoms with Gasteiger partial charge >= 0.3 is 0 Å². The molecule has 35 heavy (non-hydrogen) atoms. The first-order chi connectivity index (χ1) is 16.9. The number of likely N-dealkylation sites (N-methyl/N-ethyl adjacent to an activating group) is 1. The molecule has 0 unspecified atom stereocenters. The lowest BCUT2D eigenvalue weighted by Gasteiger charge is -2.37. The van der Waals surface area contributed by atoms with Gasteiger partial charge in [0.15, 0.2) is 0 Å². The summed E-state index contributed by atoms with van der Waals surface area (Å²) in [5.74, 6) is -0.362. The standard InChI is InChI=1S/C27H30N4O4/c1-18-15-31(19(2)17-32)26(33)22-13-21(20-9-5-4-6-10-20)14-29-25(22)35-24(18)16-30(3)27(34)23-11-7-8-12-28-23/h4-14,18-19,24,32H,15-17H2,1-3H3/t18-,19-,24+/m1/s1. The second-order valence-corrected chi connectivity index (χ2v) is 8.97. The summed E-state index contributed by atoms with van der Waals surface area (Å²) in [5, 5.41) is 9.84. The lowest BCUT2D eigenvalue weighted by Crippen LogP contribution is -2.50. The molecule has 1 aliphatic rings. The van der Waals surface area contributed by atoms with Gasteiger partial charge in [-0.25, -0.2) is 4.98 Å². The van der Waals surface area contributed by atoms with Crippen molar-refractivity contribution in [3.8, 4) is 17.0 Å². The molecule has 0 radical (unpaired) electrons. The molecule has 4 rings (SSSR count). The van der Waals surface area contributed by atoms with E-state index in [1.807, 2.05) is 44.2 Å². The fraction of sp³-hybridized carbons (Fsp3) is 0.333. The van der Waals surface area contributed by atoms with Gasteiger partial charge in [0.05, 0.1) is 19.2 Å². The molecular weight excluding hydrogens is 444 g/mol. The van der Waals surface area contributed by atoms with E-state index in [1.165, 1.54) is 0 Å². The number of amides is 2. The molecule has 1 aromatic carbocycles. The van der Waals surface area contributed by atoms with E-state index in [4.69, 9.17) is 4.74 Å². The van der Waals surface area contributed by atoms with Gasteiger partial charge in [-0.3, -0.25) is 14.6 Å². The van der Waals surface area contributed by atoms with Crippen LogP contribution >= 0.6 is 0 Å². The van der Waals surface area contributed by atoms with E-state index in [9.17, 15) is 14.7 Å². The molecule has 3 heterocycles. The van der Waals surface area contributed by atoms with E-state index in [-0.39, 0.29) is 42.8 Å². The Hall–Kier alpha value is -3.78. The van der Waals surface area contributed by atoms with Gasteiger partial charge in [0.2, 0.25) is 5.88 Å². The predicted molar refractivity (Wildman–Crippen MR) is 132 cm³/mol. The Morgan fingerprint density at radius 1 is 1.17 bits per heavy atom. The summed E-state index contributed by atoms with van der Waals surface area (Å²) in [6.45, 7) is 4.27. The summed E-state index contributed by atoms with van der Waals surface area (Å²) in [4.78, 5) is 38.4. The Morgan fingerprint density at radius 2 is 1.91 bits per heavy atom. The summed E-state index contributed by atoms with van der Waals surface area (Å²) in [6.07, 6.45) is 2.84. The fourth-order valence-electron chi connectivity index (χ4n) is 4.15. The smallest absolute Gasteiger partial charge is 0.272 e. The number of hydrogen-bond acceptors (Lipinski definition) is 6. The molecule has 2 aromatic heterocycles. The second-order valence-electron chi connectivity index (χ2n) is 8.97. The molecule has 0 spiro atoms. The molecule has 1 N–H and O–H groups in total. The van der Waals surface area contributed by atoms with Gasteiger partial charge in [0, 0.05) is 37.5 Å². The number of pyridine rings is 2. The second kappa shape index (κ2) is 10.7. The van der Waals surface area contributed by atoms with Crippen LogP contribution in [0.25, 0.3) is 11.1 Å². The Morgan fingerprint density at radius 3 is 2.60 bits per heavy atom. The van der Waals surface area contributed by atoms with Crippen LogP contribution in [-0.2, 0) is 0 Å². The van der Waals surface area contributed by atoms with Crippen molar-refractivity contribution in [2.24, 2.45) is 5.92 Å². The molecule has 0 bridgehead atoms. The number of fused-ring (bicyclic) bond motifs is 1. The number of aliphatic hydroxyl groups is 1. The molecule has 8 nitrogen and oxygen atoms in total. The van der Waals surface area contributed by atoms with E-state index >= 15 is 0 Å². The first-order valence-corrected chi connectivity index (χ1v) is 11.7. The molecule has 182 valence electrons.